The Hall–Kier alpha value is -3.03. The van der Waals surface area contributed by atoms with Gasteiger partial charge < -0.3 is 25.4 Å². The topological polar surface area (TPSA) is 108 Å². The van der Waals surface area contributed by atoms with Crippen molar-refractivity contribution < 1.29 is 24.2 Å². The second-order valence-corrected chi connectivity index (χ2v) is 10.2. The van der Waals surface area contributed by atoms with E-state index in [0.717, 1.165) is 19.3 Å². The van der Waals surface area contributed by atoms with E-state index in [2.05, 4.69) is 24.1 Å². The number of benzene rings is 1. The van der Waals surface area contributed by atoms with Crippen molar-refractivity contribution in [3.05, 3.63) is 42.0 Å². The molecule has 0 bridgehead atoms. The van der Waals surface area contributed by atoms with Gasteiger partial charge in [-0.25, -0.2) is 4.79 Å². The minimum atomic E-state index is -0.969. The molecule has 3 unspecified atom stereocenters. The molecule has 0 aliphatic rings. The third kappa shape index (κ3) is 9.55. The van der Waals surface area contributed by atoms with Crippen molar-refractivity contribution in [1.29, 1.82) is 0 Å². The Labute approximate surface area is 216 Å². The maximum atomic E-state index is 14.0. The molecule has 202 valence electrons. The highest BCUT2D eigenvalue weighted by molar-refractivity contribution is 5.92. The molecule has 0 spiro atoms. The van der Waals surface area contributed by atoms with Crippen molar-refractivity contribution >= 4 is 17.9 Å². The number of hydrogen-bond donors (Lipinski definition) is 3. The van der Waals surface area contributed by atoms with Gasteiger partial charge in [0.2, 0.25) is 11.8 Å². The molecule has 3 atom stereocenters. The molecule has 3 N–H and O–H groups in total. The highest BCUT2D eigenvalue weighted by Gasteiger charge is 2.37. The van der Waals surface area contributed by atoms with E-state index in [9.17, 15) is 19.5 Å². The molecule has 1 aromatic carbocycles. The van der Waals surface area contributed by atoms with Crippen LogP contribution in [0.1, 0.15) is 84.4 Å². The number of aromatic hydroxyl groups is 1. The van der Waals surface area contributed by atoms with Crippen LogP contribution in [-0.4, -0.2) is 52.6 Å². The Kier molecular flexibility index (Phi) is 12.5. The lowest BCUT2D eigenvalue weighted by atomic mass is 9.95. The van der Waals surface area contributed by atoms with Crippen molar-refractivity contribution in [2.24, 2.45) is 5.92 Å². The third-order valence-electron chi connectivity index (χ3n) is 5.94. The Bertz CT molecular complexity index is 894. The number of rotatable bonds is 13. The maximum absolute atomic E-state index is 14.0. The molecule has 8 heteroatoms. The van der Waals surface area contributed by atoms with Gasteiger partial charge >= 0.3 is 6.09 Å². The highest BCUT2D eigenvalue weighted by atomic mass is 16.6. The second kappa shape index (κ2) is 14.5. The number of phenols is 1. The number of amides is 3. The summed E-state index contributed by atoms with van der Waals surface area (Å²) in [7, 11) is 0. The van der Waals surface area contributed by atoms with Gasteiger partial charge in [0.15, 0.2) is 0 Å². The van der Waals surface area contributed by atoms with E-state index in [-0.39, 0.29) is 24.1 Å². The van der Waals surface area contributed by atoms with Gasteiger partial charge in [-0.15, -0.1) is 6.58 Å². The Morgan fingerprint density at radius 2 is 1.86 bits per heavy atom. The number of alkyl carbamates (subject to hydrolysis) is 1. The highest BCUT2D eigenvalue weighted by Crippen LogP contribution is 2.28. The summed E-state index contributed by atoms with van der Waals surface area (Å²) in [6.45, 7) is 17.3. The van der Waals surface area contributed by atoms with Gasteiger partial charge in [-0.3, -0.25) is 9.59 Å². The standard InChI is InChI=1S/C28H45N3O5/c1-9-12-13-16-29-25(33)24(21-14-15-22(32)20(5)18-21)31(17-10-2)26(34)23(19(4)11-3)30-27(35)36-28(6,7)8/h10,14-15,18-19,23-24,32H,2,9,11-13,16-17H2,1,3-8H3,(H,29,33)(H,30,35). The zero-order valence-corrected chi connectivity index (χ0v) is 23.0. The number of carbonyl (C=O) groups excluding carboxylic acids is 3. The maximum Gasteiger partial charge on any atom is 0.408 e. The lowest BCUT2D eigenvalue weighted by Gasteiger charge is -2.35. The van der Waals surface area contributed by atoms with E-state index in [4.69, 9.17) is 4.74 Å². The van der Waals surface area contributed by atoms with Crippen LogP contribution >= 0.6 is 0 Å². The summed E-state index contributed by atoms with van der Waals surface area (Å²) >= 11 is 0. The summed E-state index contributed by atoms with van der Waals surface area (Å²) in [5.41, 5.74) is 0.430. The first-order chi connectivity index (χ1) is 16.9. The van der Waals surface area contributed by atoms with Crippen LogP contribution in [-0.2, 0) is 14.3 Å². The zero-order chi connectivity index (χ0) is 27.5. The van der Waals surface area contributed by atoms with Crippen LogP contribution in [0.2, 0.25) is 0 Å². The summed E-state index contributed by atoms with van der Waals surface area (Å²) < 4.78 is 5.40. The number of hydrogen-bond acceptors (Lipinski definition) is 5. The van der Waals surface area contributed by atoms with Crippen LogP contribution in [0.15, 0.2) is 30.9 Å². The van der Waals surface area contributed by atoms with E-state index in [1.165, 1.54) is 11.0 Å². The number of nitrogens with one attached hydrogen (secondary N) is 2. The molecule has 0 saturated carbocycles. The van der Waals surface area contributed by atoms with Crippen LogP contribution < -0.4 is 10.6 Å². The van der Waals surface area contributed by atoms with Crippen molar-refractivity contribution in [3.63, 3.8) is 0 Å². The van der Waals surface area contributed by atoms with Crippen molar-refractivity contribution in [2.45, 2.75) is 91.8 Å². The average Bonchev–Trinajstić information content (AvgIpc) is 2.80. The lowest BCUT2D eigenvalue weighted by Crippen LogP contribution is -2.55. The monoisotopic (exact) mass is 503 g/mol. The van der Waals surface area contributed by atoms with Gasteiger partial charge in [-0.2, -0.15) is 0 Å². The van der Waals surface area contributed by atoms with E-state index in [1.807, 2.05) is 13.8 Å². The fourth-order valence-electron chi connectivity index (χ4n) is 3.76. The van der Waals surface area contributed by atoms with Gasteiger partial charge in [-0.1, -0.05) is 52.2 Å². The van der Waals surface area contributed by atoms with Crippen molar-refractivity contribution in [3.8, 4) is 5.75 Å². The molecule has 36 heavy (non-hydrogen) atoms. The second-order valence-electron chi connectivity index (χ2n) is 10.2. The van der Waals surface area contributed by atoms with Gasteiger partial charge in [0, 0.05) is 13.1 Å². The molecule has 8 nitrogen and oxygen atoms in total. The third-order valence-corrected chi connectivity index (χ3v) is 5.94. The van der Waals surface area contributed by atoms with Gasteiger partial charge in [0.05, 0.1) is 0 Å². The summed E-state index contributed by atoms with van der Waals surface area (Å²) in [6.07, 6.45) is 4.32. The van der Waals surface area contributed by atoms with Gasteiger partial charge in [-0.05, 0) is 63.3 Å². The predicted molar refractivity (Wildman–Crippen MR) is 143 cm³/mol. The quantitative estimate of drug-likeness (QED) is 0.259. The molecule has 1 aromatic rings. The summed E-state index contributed by atoms with van der Waals surface area (Å²) in [4.78, 5) is 41.5. The molecule has 0 saturated heterocycles. The molecular formula is C28H45N3O5. The normalized spacial score (nSPS) is 13.8. The number of nitrogens with zero attached hydrogens (tertiary/aromatic N) is 1. The molecule has 0 aliphatic heterocycles. The van der Waals surface area contributed by atoms with Crippen LogP contribution in [0.3, 0.4) is 0 Å². The Morgan fingerprint density at radius 1 is 1.19 bits per heavy atom. The molecule has 0 aromatic heterocycles. The predicted octanol–water partition coefficient (Wildman–Crippen LogP) is 5.00. The first-order valence-electron chi connectivity index (χ1n) is 12.8. The van der Waals surface area contributed by atoms with Crippen LogP contribution in [0.5, 0.6) is 5.75 Å². The zero-order valence-electron chi connectivity index (χ0n) is 23.0. The van der Waals surface area contributed by atoms with Gasteiger partial charge in [0.1, 0.15) is 23.4 Å². The summed E-state index contributed by atoms with van der Waals surface area (Å²) in [5.74, 6) is -0.847. The van der Waals surface area contributed by atoms with E-state index < -0.39 is 29.7 Å². The van der Waals surface area contributed by atoms with Crippen LogP contribution in [0.25, 0.3) is 0 Å². The molecule has 3 amide bonds. The smallest absolute Gasteiger partial charge is 0.408 e. The van der Waals surface area contributed by atoms with Crippen LogP contribution in [0, 0.1) is 12.8 Å². The Morgan fingerprint density at radius 3 is 2.39 bits per heavy atom. The largest absolute Gasteiger partial charge is 0.508 e. The average molecular weight is 504 g/mol. The molecule has 0 heterocycles. The number of phenolic OH excluding ortho intramolecular Hbond substituents is 1. The van der Waals surface area contributed by atoms with Crippen molar-refractivity contribution in [2.75, 3.05) is 13.1 Å². The molecule has 0 aliphatic carbocycles. The fraction of sp³-hybridized carbons (Fsp3) is 0.607. The Balaban J connectivity index is 3.44. The molecular weight excluding hydrogens is 458 g/mol. The van der Waals surface area contributed by atoms with Gasteiger partial charge in [0.25, 0.3) is 0 Å². The first kappa shape index (κ1) is 31.0. The SMILES string of the molecule is C=CCN(C(=O)C(NC(=O)OC(C)(C)C)C(C)CC)C(C(=O)NCCCCC)c1ccc(O)c(C)c1. The number of unbranched alkanes of at least 4 members (excludes halogenated alkanes) is 2. The number of ether oxygens (including phenoxy) is 1. The van der Waals surface area contributed by atoms with Crippen molar-refractivity contribution in [1.82, 2.24) is 15.5 Å². The summed E-state index contributed by atoms with van der Waals surface area (Å²) in [6, 6.07) is 2.99. The lowest BCUT2D eigenvalue weighted by molar-refractivity contribution is -0.142. The van der Waals surface area contributed by atoms with E-state index in [1.54, 1.807) is 45.9 Å². The number of carbonyl (C=O) groups is 3. The molecule has 1 rings (SSSR count). The first-order valence-corrected chi connectivity index (χ1v) is 12.8. The summed E-state index contributed by atoms with van der Waals surface area (Å²) in [5, 5.41) is 15.7. The minimum Gasteiger partial charge on any atom is -0.508 e. The van der Waals surface area contributed by atoms with Crippen LogP contribution in [0.4, 0.5) is 4.79 Å². The minimum absolute atomic E-state index is 0.0920. The fourth-order valence-corrected chi connectivity index (χ4v) is 3.76. The molecule has 0 radical (unpaired) electrons. The van der Waals surface area contributed by atoms with E-state index >= 15 is 0 Å². The number of aryl methyl sites for hydroxylation is 1. The van der Waals surface area contributed by atoms with E-state index in [0.29, 0.717) is 24.1 Å². The molecule has 0 fully saturated rings.